The highest BCUT2D eigenvalue weighted by Crippen LogP contribution is 2.36. The molecule has 0 saturated carbocycles. The molecule has 2 aliphatic heterocycles. The van der Waals surface area contributed by atoms with Gasteiger partial charge < -0.3 is 10.2 Å². The molecule has 9 heteroatoms. The van der Waals surface area contributed by atoms with E-state index >= 15 is 0 Å². The second kappa shape index (κ2) is 8.88. The number of amides is 5. The standard InChI is InChI=1S/C26H21ClN4O4/c27-20-14-13-17(16-21(20)30-15-7-12-22(30)32)23(33)29-31-24(34)26(28-25(31)35,18-8-3-1-4-9-18)19-10-5-2-6-11-19/h1-6,8-11,13-14,16H,7,12,15H2,(H,28,35)(H,29,33). The average molecular weight is 489 g/mol. The fourth-order valence-corrected chi connectivity index (χ4v) is 4.71. The Labute approximate surface area is 206 Å². The second-order valence-electron chi connectivity index (χ2n) is 8.31. The molecule has 0 unspecified atom stereocenters. The molecule has 0 spiro atoms. The number of carbonyl (C=O) groups excluding carboxylic acids is 4. The van der Waals surface area contributed by atoms with E-state index in [0.29, 0.717) is 46.2 Å². The van der Waals surface area contributed by atoms with E-state index < -0.39 is 23.4 Å². The summed E-state index contributed by atoms with van der Waals surface area (Å²) >= 11 is 6.28. The summed E-state index contributed by atoms with van der Waals surface area (Å²) < 4.78 is 0. The van der Waals surface area contributed by atoms with Crippen molar-refractivity contribution in [2.24, 2.45) is 0 Å². The monoisotopic (exact) mass is 488 g/mol. The maximum Gasteiger partial charge on any atom is 0.344 e. The molecule has 176 valence electrons. The van der Waals surface area contributed by atoms with Crippen molar-refractivity contribution in [2.45, 2.75) is 18.4 Å². The van der Waals surface area contributed by atoms with E-state index in [1.165, 1.54) is 23.1 Å². The van der Waals surface area contributed by atoms with Crippen LogP contribution in [-0.2, 0) is 15.1 Å². The van der Waals surface area contributed by atoms with Gasteiger partial charge in [0.2, 0.25) is 5.91 Å². The van der Waals surface area contributed by atoms with Gasteiger partial charge in [-0.15, -0.1) is 0 Å². The summed E-state index contributed by atoms with van der Waals surface area (Å²) in [5.41, 5.74) is 2.61. The minimum absolute atomic E-state index is 0.0749. The lowest BCUT2D eigenvalue weighted by Gasteiger charge is -2.27. The Hall–Kier alpha value is -4.17. The molecule has 2 N–H and O–H groups in total. The number of anilines is 1. The summed E-state index contributed by atoms with van der Waals surface area (Å²) in [7, 11) is 0. The van der Waals surface area contributed by atoms with E-state index in [1.54, 1.807) is 48.5 Å². The lowest BCUT2D eigenvalue weighted by Crippen LogP contribution is -2.49. The first-order valence-electron chi connectivity index (χ1n) is 11.1. The number of halogens is 1. The summed E-state index contributed by atoms with van der Waals surface area (Å²) in [6, 6.07) is 21.4. The molecule has 3 aromatic rings. The van der Waals surface area contributed by atoms with Gasteiger partial charge in [-0.3, -0.25) is 19.8 Å². The molecule has 3 aromatic carbocycles. The van der Waals surface area contributed by atoms with Gasteiger partial charge in [0.25, 0.3) is 11.8 Å². The molecule has 2 heterocycles. The van der Waals surface area contributed by atoms with E-state index in [1.807, 2.05) is 12.1 Å². The smallest absolute Gasteiger partial charge is 0.314 e. The van der Waals surface area contributed by atoms with Crippen LogP contribution >= 0.6 is 11.6 Å². The highest BCUT2D eigenvalue weighted by atomic mass is 35.5. The Bertz CT molecular complexity index is 1290. The molecule has 0 aliphatic carbocycles. The molecule has 5 rings (SSSR count). The van der Waals surface area contributed by atoms with Crippen LogP contribution in [0.4, 0.5) is 10.5 Å². The molecular formula is C26H21ClN4O4. The summed E-state index contributed by atoms with van der Waals surface area (Å²) in [6.45, 7) is 0.507. The third-order valence-corrected chi connectivity index (χ3v) is 6.54. The summed E-state index contributed by atoms with van der Waals surface area (Å²) in [5.74, 6) is -1.40. The topological polar surface area (TPSA) is 98.8 Å². The Morgan fingerprint density at radius 1 is 0.914 bits per heavy atom. The van der Waals surface area contributed by atoms with E-state index in [4.69, 9.17) is 11.6 Å². The Morgan fingerprint density at radius 2 is 1.54 bits per heavy atom. The SMILES string of the molecule is O=C(NN1C(=O)NC(c2ccccc2)(c2ccccc2)C1=O)c1ccc(Cl)c(N2CCCC2=O)c1. The van der Waals surface area contributed by atoms with Crippen LogP contribution in [0.1, 0.15) is 34.3 Å². The van der Waals surface area contributed by atoms with Crippen molar-refractivity contribution >= 4 is 41.0 Å². The summed E-state index contributed by atoms with van der Waals surface area (Å²) in [4.78, 5) is 53.5. The number of hydrogen-bond acceptors (Lipinski definition) is 4. The van der Waals surface area contributed by atoms with Gasteiger partial charge in [-0.1, -0.05) is 72.3 Å². The number of urea groups is 1. The third kappa shape index (κ3) is 3.81. The van der Waals surface area contributed by atoms with Crippen molar-refractivity contribution in [1.29, 1.82) is 0 Å². The fraction of sp³-hybridized carbons (Fsp3) is 0.154. The van der Waals surface area contributed by atoms with Crippen molar-refractivity contribution in [2.75, 3.05) is 11.4 Å². The van der Waals surface area contributed by atoms with E-state index in [0.717, 1.165) is 0 Å². The lowest BCUT2D eigenvalue weighted by molar-refractivity contribution is -0.131. The molecule has 0 aromatic heterocycles. The maximum absolute atomic E-state index is 13.7. The van der Waals surface area contributed by atoms with Crippen molar-refractivity contribution in [3.63, 3.8) is 0 Å². The van der Waals surface area contributed by atoms with Crippen LogP contribution in [0, 0.1) is 0 Å². The normalized spacial score (nSPS) is 17.0. The zero-order valence-electron chi connectivity index (χ0n) is 18.5. The van der Waals surface area contributed by atoms with Crippen molar-refractivity contribution in [1.82, 2.24) is 15.8 Å². The first-order chi connectivity index (χ1) is 16.9. The third-order valence-electron chi connectivity index (χ3n) is 6.22. The van der Waals surface area contributed by atoms with E-state index in [-0.39, 0.29) is 11.5 Å². The Kier molecular flexibility index (Phi) is 5.74. The predicted octanol–water partition coefficient (Wildman–Crippen LogP) is 3.61. The van der Waals surface area contributed by atoms with E-state index in [2.05, 4.69) is 10.7 Å². The van der Waals surface area contributed by atoms with Crippen LogP contribution in [-0.4, -0.2) is 35.3 Å². The molecule has 2 saturated heterocycles. The van der Waals surface area contributed by atoms with Gasteiger partial charge in [0, 0.05) is 18.5 Å². The molecule has 2 aliphatic rings. The number of imide groups is 1. The van der Waals surface area contributed by atoms with Gasteiger partial charge in [0.15, 0.2) is 5.54 Å². The number of rotatable bonds is 5. The van der Waals surface area contributed by atoms with Gasteiger partial charge in [-0.2, -0.15) is 5.01 Å². The molecular weight excluding hydrogens is 468 g/mol. The number of hydrogen-bond donors (Lipinski definition) is 2. The quantitative estimate of drug-likeness (QED) is 0.536. The maximum atomic E-state index is 13.7. The Morgan fingerprint density at radius 3 is 2.11 bits per heavy atom. The van der Waals surface area contributed by atoms with Gasteiger partial charge in [0.05, 0.1) is 10.7 Å². The van der Waals surface area contributed by atoms with Gasteiger partial charge in [0.1, 0.15) is 0 Å². The summed E-state index contributed by atoms with van der Waals surface area (Å²) in [6.07, 6.45) is 1.12. The molecule has 35 heavy (non-hydrogen) atoms. The molecule has 8 nitrogen and oxygen atoms in total. The average Bonchev–Trinajstić information content (AvgIpc) is 3.42. The highest BCUT2D eigenvalue weighted by Gasteiger charge is 2.54. The van der Waals surface area contributed by atoms with Gasteiger partial charge in [-0.25, -0.2) is 4.79 Å². The van der Waals surface area contributed by atoms with Gasteiger partial charge >= 0.3 is 6.03 Å². The molecule has 2 fully saturated rings. The van der Waals surface area contributed by atoms with Crippen molar-refractivity contribution < 1.29 is 19.2 Å². The Balaban J connectivity index is 1.47. The van der Waals surface area contributed by atoms with Crippen LogP contribution < -0.4 is 15.6 Å². The minimum Gasteiger partial charge on any atom is -0.314 e. The number of hydrazine groups is 1. The largest absolute Gasteiger partial charge is 0.344 e. The fourth-order valence-electron chi connectivity index (χ4n) is 4.50. The minimum atomic E-state index is -1.50. The van der Waals surface area contributed by atoms with Crippen LogP contribution in [0.25, 0.3) is 0 Å². The predicted molar refractivity (Wildman–Crippen MR) is 130 cm³/mol. The van der Waals surface area contributed by atoms with Gasteiger partial charge in [-0.05, 0) is 35.7 Å². The first kappa shape index (κ1) is 22.6. The van der Waals surface area contributed by atoms with Crippen molar-refractivity contribution in [3.8, 4) is 0 Å². The zero-order valence-corrected chi connectivity index (χ0v) is 19.3. The van der Waals surface area contributed by atoms with Crippen LogP contribution in [0.3, 0.4) is 0 Å². The lowest BCUT2D eigenvalue weighted by atomic mass is 9.83. The number of nitrogens with one attached hydrogen (secondary N) is 2. The molecule has 0 radical (unpaired) electrons. The van der Waals surface area contributed by atoms with Crippen LogP contribution in [0.2, 0.25) is 5.02 Å². The molecule has 0 bridgehead atoms. The second-order valence-corrected chi connectivity index (χ2v) is 8.72. The summed E-state index contributed by atoms with van der Waals surface area (Å²) in [5, 5.41) is 3.80. The van der Waals surface area contributed by atoms with Crippen LogP contribution in [0.15, 0.2) is 78.9 Å². The number of nitrogens with zero attached hydrogens (tertiary/aromatic N) is 2. The van der Waals surface area contributed by atoms with E-state index in [9.17, 15) is 19.2 Å². The number of benzene rings is 3. The molecule has 5 amide bonds. The highest BCUT2D eigenvalue weighted by molar-refractivity contribution is 6.34. The first-order valence-corrected chi connectivity index (χ1v) is 11.5. The molecule has 0 atom stereocenters. The zero-order chi connectivity index (χ0) is 24.6. The number of carbonyl (C=O) groups is 4. The van der Waals surface area contributed by atoms with Crippen molar-refractivity contribution in [3.05, 3.63) is 101 Å². The van der Waals surface area contributed by atoms with Crippen LogP contribution in [0.5, 0.6) is 0 Å².